The summed E-state index contributed by atoms with van der Waals surface area (Å²) in [5.74, 6) is 0.710. The third-order valence-electron chi connectivity index (χ3n) is 3.03. The van der Waals surface area contributed by atoms with Crippen LogP contribution in [0.2, 0.25) is 0 Å². The molecule has 0 aliphatic carbocycles. The van der Waals surface area contributed by atoms with Crippen LogP contribution in [0.15, 0.2) is 46.9 Å². The van der Waals surface area contributed by atoms with Crippen molar-refractivity contribution in [1.82, 2.24) is 5.32 Å². The highest BCUT2D eigenvalue weighted by Crippen LogP contribution is 2.16. The van der Waals surface area contributed by atoms with Gasteiger partial charge in [-0.05, 0) is 42.3 Å². The van der Waals surface area contributed by atoms with Crippen LogP contribution in [0.5, 0.6) is 5.75 Å². The Hall–Kier alpha value is -1.81. The molecular weight excluding hydrogens is 318 g/mol. The Balaban J connectivity index is 2.06. The molecule has 2 aromatic rings. The van der Waals surface area contributed by atoms with Crippen LogP contribution in [0.1, 0.15) is 21.5 Å². The number of hydrogen-bond donors (Lipinski definition) is 1. The summed E-state index contributed by atoms with van der Waals surface area (Å²) in [6, 6.07) is 13.3. The minimum absolute atomic E-state index is 0.0772. The standard InChI is InChI=1S/C16H16BrNO2/c1-11-6-7-13(17)9-15(11)16(19)18-10-12-4-3-5-14(8-12)20-2/h3-9H,10H2,1-2H3,(H,18,19). The summed E-state index contributed by atoms with van der Waals surface area (Å²) in [5.41, 5.74) is 2.64. The number of nitrogens with one attached hydrogen (secondary N) is 1. The Morgan fingerprint density at radius 2 is 2.05 bits per heavy atom. The summed E-state index contributed by atoms with van der Waals surface area (Å²) < 4.78 is 6.06. The summed E-state index contributed by atoms with van der Waals surface area (Å²) in [4.78, 5) is 12.2. The Labute approximate surface area is 127 Å². The molecule has 1 amide bonds. The van der Waals surface area contributed by atoms with Gasteiger partial charge in [-0.15, -0.1) is 0 Å². The monoisotopic (exact) mass is 333 g/mol. The summed E-state index contributed by atoms with van der Waals surface area (Å²) in [6.07, 6.45) is 0. The summed E-state index contributed by atoms with van der Waals surface area (Å²) in [7, 11) is 1.63. The summed E-state index contributed by atoms with van der Waals surface area (Å²) >= 11 is 3.38. The highest BCUT2D eigenvalue weighted by Gasteiger charge is 2.09. The van der Waals surface area contributed by atoms with Gasteiger partial charge in [0.25, 0.3) is 5.91 Å². The highest BCUT2D eigenvalue weighted by molar-refractivity contribution is 9.10. The molecule has 0 fully saturated rings. The first-order chi connectivity index (χ1) is 9.60. The number of methoxy groups -OCH3 is 1. The quantitative estimate of drug-likeness (QED) is 0.926. The molecule has 0 aliphatic heterocycles. The van der Waals surface area contributed by atoms with Gasteiger partial charge in [0.05, 0.1) is 7.11 Å². The van der Waals surface area contributed by atoms with E-state index in [9.17, 15) is 4.79 Å². The van der Waals surface area contributed by atoms with Crippen LogP contribution in [0.25, 0.3) is 0 Å². The molecule has 4 heteroatoms. The van der Waals surface area contributed by atoms with Gasteiger partial charge in [0.1, 0.15) is 5.75 Å². The maximum atomic E-state index is 12.2. The van der Waals surface area contributed by atoms with Crippen molar-refractivity contribution in [1.29, 1.82) is 0 Å². The van der Waals surface area contributed by atoms with Crippen LogP contribution in [0.4, 0.5) is 0 Å². The average molecular weight is 334 g/mol. The first kappa shape index (κ1) is 14.6. The molecule has 0 atom stereocenters. The second kappa shape index (κ2) is 6.57. The van der Waals surface area contributed by atoms with Crippen molar-refractivity contribution in [3.05, 3.63) is 63.6 Å². The van der Waals surface area contributed by atoms with Crippen molar-refractivity contribution in [3.8, 4) is 5.75 Å². The molecule has 20 heavy (non-hydrogen) atoms. The van der Waals surface area contributed by atoms with Crippen LogP contribution in [0.3, 0.4) is 0 Å². The third-order valence-corrected chi connectivity index (χ3v) is 3.52. The average Bonchev–Trinajstić information content (AvgIpc) is 2.47. The van der Waals surface area contributed by atoms with Crippen LogP contribution in [0, 0.1) is 6.92 Å². The normalized spacial score (nSPS) is 10.2. The molecule has 0 aliphatic rings. The highest BCUT2D eigenvalue weighted by atomic mass is 79.9. The maximum absolute atomic E-state index is 12.2. The van der Waals surface area contributed by atoms with Crippen LogP contribution >= 0.6 is 15.9 Å². The lowest BCUT2D eigenvalue weighted by atomic mass is 10.1. The first-order valence-electron chi connectivity index (χ1n) is 6.27. The SMILES string of the molecule is COc1cccc(CNC(=O)c2cc(Br)ccc2C)c1. The molecule has 104 valence electrons. The fourth-order valence-corrected chi connectivity index (χ4v) is 2.26. The van der Waals surface area contributed by atoms with Gasteiger partial charge in [0, 0.05) is 16.6 Å². The number of halogens is 1. The number of ether oxygens (including phenoxy) is 1. The molecule has 3 nitrogen and oxygen atoms in total. The lowest BCUT2D eigenvalue weighted by molar-refractivity contribution is 0.0950. The van der Waals surface area contributed by atoms with Crippen molar-refractivity contribution in [2.75, 3.05) is 7.11 Å². The zero-order valence-corrected chi connectivity index (χ0v) is 13.0. The Bertz CT molecular complexity index is 626. The van der Waals surface area contributed by atoms with Gasteiger partial charge in [-0.2, -0.15) is 0 Å². The lowest BCUT2D eigenvalue weighted by Crippen LogP contribution is -2.23. The molecule has 2 aromatic carbocycles. The lowest BCUT2D eigenvalue weighted by Gasteiger charge is -2.09. The van der Waals surface area contributed by atoms with E-state index < -0.39 is 0 Å². The van der Waals surface area contributed by atoms with E-state index in [0.29, 0.717) is 12.1 Å². The van der Waals surface area contributed by atoms with E-state index in [1.807, 2.05) is 49.4 Å². The first-order valence-corrected chi connectivity index (χ1v) is 7.06. The Morgan fingerprint density at radius 3 is 2.80 bits per heavy atom. The van der Waals surface area contributed by atoms with Gasteiger partial charge >= 0.3 is 0 Å². The van der Waals surface area contributed by atoms with Crippen LogP contribution < -0.4 is 10.1 Å². The van der Waals surface area contributed by atoms with E-state index in [4.69, 9.17) is 4.74 Å². The van der Waals surface area contributed by atoms with E-state index in [-0.39, 0.29) is 5.91 Å². The molecule has 0 bridgehead atoms. The number of rotatable bonds is 4. The molecule has 0 spiro atoms. The second-order valence-electron chi connectivity index (χ2n) is 4.49. The minimum Gasteiger partial charge on any atom is -0.497 e. The molecular formula is C16H16BrNO2. The third kappa shape index (κ3) is 3.61. The van der Waals surface area contributed by atoms with Crippen LogP contribution in [-0.4, -0.2) is 13.0 Å². The molecule has 1 N–H and O–H groups in total. The summed E-state index contributed by atoms with van der Waals surface area (Å²) in [5, 5.41) is 2.92. The van der Waals surface area contributed by atoms with Crippen molar-refractivity contribution < 1.29 is 9.53 Å². The number of amides is 1. The van der Waals surface area contributed by atoms with Crippen molar-refractivity contribution in [3.63, 3.8) is 0 Å². The maximum Gasteiger partial charge on any atom is 0.251 e. The van der Waals surface area contributed by atoms with Gasteiger partial charge in [0.2, 0.25) is 0 Å². The second-order valence-corrected chi connectivity index (χ2v) is 5.41. The smallest absolute Gasteiger partial charge is 0.251 e. The van der Waals surface area contributed by atoms with E-state index in [1.54, 1.807) is 7.11 Å². The number of carbonyl (C=O) groups is 1. The number of aryl methyl sites for hydroxylation is 1. The fourth-order valence-electron chi connectivity index (χ4n) is 1.90. The van der Waals surface area contributed by atoms with Crippen molar-refractivity contribution >= 4 is 21.8 Å². The number of hydrogen-bond acceptors (Lipinski definition) is 2. The van der Waals surface area contributed by atoms with E-state index >= 15 is 0 Å². The van der Waals surface area contributed by atoms with Gasteiger partial charge < -0.3 is 10.1 Å². The Kier molecular flexibility index (Phi) is 4.79. The minimum atomic E-state index is -0.0772. The number of benzene rings is 2. The molecule has 0 unspecified atom stereocenters. The predicted molar refractivity (Wildman–Crippen MR) is 83.0 cm³/mol. The van der Waals surface area contributed by atoms with E-state index in [0.717, 1.165) is 21.3 Å². The topological polar surface area (TPSA) is 38.3 Å². The molecule has 2 rings (SSSR count). The van der Waals surface area contributed by atoms with Gasteiger partial charge in [-0.1, -0.05) is 34.1 Å². The van der Waals surface area contributed by atoms with E-state index in [1.165, 1.54) is 0 Å². The van der Waals surface area contributed by atoms with Gasteiger partial charge in [-0.25, -0.2) is 0 Å². The fraction of sp³-hybridized carbons (Fsp3) is 0.188. The predicted octanol–water partition coefficient (Wildman–Crippen LogP) is 3.70. The van der Waals surface area contributed by atoms with Gasteiger partial charge in [-0.3, -0.25) is 4.79 Å². The molecule has 0 saturated carbocycles. The molecule has 0 aromatic heterocycles. The van der Waals surface area contributed by atoms with Crippen molar-refractivity contribution in [2.45, 2.75) is 13.5 Å². The van der Waals surface area contributed by atoms with E-state index in [2.05, 4.69) is 21.2 Å². The van der Waals surface area contributed by atoms with Crippen molar-refractivity contribution in [2.24, 2.45) is 0 Å². The Morgan fingerprint density at radius 1 is 1.25 bits per heavy atom. The van der Waals surface area contributed by atoms with Gasteiger partial charge in [0.15, 0.2) is 0 Å². The molecule has 0 saturated heterocycles. The number of carbonyl (C=O) groups excluding carboxylic acids is 1. The summed E-state index contributed by atoms with van der Waals surface area (Å²) in [6.45, 7) is 2.40. The van der Waals surface area contributed by atoms with Crippen LogP contribution in [-0.2, 0) is 6.54 Å². The molecule has 0 heterocycles. The largest absolute Gasteiger partial charge is 0.497 e. The molecule has 0 radical (unpaired) electrons. The zero-order chi connectivity index (χ0) is 14.5. The zero-order valence-electron chi connectivity index (χ0n) is 11.4.